The van der Waals surface area contributed by atoms with Crippen molar-refractivity contribution in [1.82, 2.24) is 10.1 Å². The first-order valence-corrected chi connectivity index (χ1v) is 5.30. The third kappa shape index (κ3) is 2.90. The van der Waals surface area contributed by atoms with E-state index in [4.69, 9.17) is 4.52 Å². The molecular formula is C12H13N3O2. The molecule has 5 nitrogen and oxygen atoms in total. The van der Waals surface area contributed by atoms with Crippen LogP contribution in [0.1, 0.15) is 17.0 Å². The van der Waals surface area contributed by atoms with E-state index in [0.717, 1.165) is 11.1 Å². The fraction of sp³-hybridized carbons (Fsp3) is 0.250. The lowest BCUT2D eigenvalue weighted by atomic mass is 10.1. The van der Waals surface area contributed by atoms with Crippen LogP contribution in [-0.2, 0) is 11.2 Å². The number of anilines is 1. The van der Waals surface area contributed by atoms with Gasteiger partial charge in [0.05, 0.1) is 6.42 Å². The predicted molar refractivity (Wildman–Crippen MR) is 62.5 cm³/mol. The third-order valence-corrected chi connectivity index (χ3v) is 2.39. The van der Waals surface area contributed by atoms with Crippen molar-refractivity contribution in [3.05, 3.63) is 41.2 Å². The maximum Gasteiger partial charge on any atom is 0.328 e. The minimum absolute atomic E-state index is 0.140. The number of nitrogens with zero attached hydrogens (tertiary/aromatic N) is 2. The van der Waals surface area contributed by atoms with E-state index in [1.54, 1.807) is 6.92 Å². The summed E-state index contributed by atoms with van der Waals surface area (Å²) in [6, 6.07) is 7.89. The number of hydrogen-bond donors (Lipinski definition) is 1. The Labute approximate surface area is 98.8 Å². The predicted octanol–water partition coefficient (Wildman–Crippen LogP) is 1.87. The molecule has 0 aliphatic carbocycles. The second-order valence-electron chi connectivity index (χ2n) is 3.80. The van der Waals surface area contributed by atoms with Crippen LogP contribution in [-0.4, -0.2) is 16.0 Å². The fourth-order valence-corrected chi connectivity index (χ4v) is 1.49. The Morgan fingerprint density at radius 1 is 1.35 bits per heavy atom. The SMILES string of the molecule is Cc1noc(NC(=O)Cc2ccccc2C)n1. The number of carbonyl (C=O) groups is 1. The molecule has 1 aromatic carbocycles. The van der Waals surface area contributed by atoms with Gasteiger partial charge in [-0.2, -0.15) is 4.98 Å². The molecule has 0 aliphatic rings. The fourth-order valence-electron chi connectivity index (χ4n) is 1.49. The average Bonchev–Trinajstić information content (AvgIpc) is 2.67. The quantitative estimate of drug-likeness (QED) is 0.875. The molecule has 0 bridgehead atoms. The van der Waals surface area contributed by atoms with Gasteiger partial charge < -0.3 is 4.52 Å². The Hall–Kier alpha value is -2.17. The van der Waals surface area contributed by atoms with Gasteiger partial charge in [0.2, 0.25) is 5.91 Å². The van der Waals surface area contributed by atoms with E-state index >= 15 is 0 Å². The van der Waals surface area contributed by atoms with Gasteiger partial charge in [-0.3, -0.25) is 10.1 Å². The largest absolute Gasteiger partial charge is 0.328 e. The van der Waals surface area contributed by atoms with Gasteiger partial charge in [-0.25, -0.2) is 0 Å². The Morgan fingerprint density at radius 2 is 2.12 bits per heavy atom. The smallest absolute Gasteiger partial charge is 0.315 e. The maximum atomic E-state index is 11.7. The van der Waals surface area contributed by atoms with Gasteiger partial charge in [0.15, 0.2) is 5.82 Å². The summed E-state index contributed by atoms with van der Waals surface area (Å²) in [5.74, 6) is 0.333. The number of aromatic nitrogens is 2. The minimum Gasteiger partial charge on any atom is -0.315 e. The monoisotopic (exact) mass is 231 g/mol. The van der Waals surface area contributed by atoms with E-state index in [2.05, 4.69) is 15.5 Å². The van der Waals surface area contributed by atoms with Gasteiger partial charge in [0, 0.05) is 0 Å². The summed E-state index contributed by atoms with van der Waals surface area (Å²) in [6.45, 7) is 3.67. The molecule has 0 fully saturated rings. The second kappa shape index (κ2) is 4.78. The van der Waals surface area contributed by atoms with Crippen LogP contribution in [0.15, 0.2) is 28.8 Å². The lowest BCUT2D eigenvalue weighted by Crippen LogP contribution is -2.15. The van der Waals surface area contributed by atoms with Crippen molar-refractivity contribution in [3.8, 4) is 0 Å². The highest BCUT2D eigenvalue weighted by molar-refractivity contribution is 5.90. The number of nitrogens with one attached hydrogen (secondary N) is 1. The summed E-state index contributed by atoms with van der Waals surface area (Å²) < 4.78 is 4.81. The van der Waals surface area contributed by atoms with Crippen LogP contribution in [0.3, 0.4) is 0 Å². The van der Waals surface area contributed by atoms with Crippen molar-refractivity contribution in [2.45, 2.75) is 20.3 Å². The number of benzene rings is 1. The normalized spacial score (nSPS) is 10.2. The molecule has 0 atom stereocenters. The van der Waals surface area contributed by atoms with Crippen LogP contribution in [0.25, 0.3) is 0 Å². The molecule has 2 aromatic rings. The van der Waals surface area contributed by atoms with Crippen LogP contribution in [0, 0.1) is 13.8 Å². The summed E-state index contributed by atoms with van der Waals surface area (Å²) in [6.07, 6.45) is 0.300. The average molecular weight is 231 g/mol. The maximum absolute atomic E-state index is 11.7. The second-order valence-corrected chi connectivity index (χ2v) is 3.80. The Bertz CT molecular complexity index is 534. The van der Waals surface area contributed by atoms with Crippen molar-refractivity contribution in [2.75, 3.05) is 5.32 Å². The molecule has 0 saturated carbocycles. The van der Waals surface area contributed by atoms with Gasteiger partial charge in [0.1, 0.15) is 0 Å². The standard InChI is InChI=1S/C12H13N3O2/c1-8-5-3-4-6-10(8)7-11(16)14-12-13-9(2)15-17-12/h3-6H,7H2,1-2H3,(H,13,14,15,16). The molecule has 17 heavy (non-hydrogen) atoms. The van der Waals surface area contributed by atoms with E-state index in [-0.39, 0.29) is 11.9 Å². The van der Waals surface area contributed by atoms with Crippen molar-refractivity contribution >= 4 is 11.9 Å². The van der Waals surface area contributed by atoms with Crippen molar-refractivity contribution in [1.29, 1.82) is 0 Å². The first-order chi connectivity index (χ1) is 8.15. The third-order valence-electron chi connectivity index (χ3n) is 2.39. The van der Waals surface area contributed by atoms with Gasteiger partial charge >= 0.3 is 6.01 Å². The number of hydrogen-bond acceptors (Lipinski definition) is 4. The molecule has 1 amide bonds. The molecule has 1 N–H and O–H groups in total. The van der Waals surface area contributed by atoms with Crippen LogP contribution in [0.2, 0.25) is 0 Å². The highest BCUT2D eigenvalue weighted by Gasteiger charge is 2.09. The lowest BCUT2D eigenvalue weighted by molar-refractivity contribution is -0.115. The summed E-state index contributed by atoms with van der Waals surface area (Å²) >= 11 is 0. The highest BCUT2D eigenvalue weighted by atomic mass is 16.5. The Morgan fingerprint density at radius 3 is 2.76 bits per heavy atom. The van der Waals surface area contributed by atoms with Crippen molar-refractivity contribution in [3.63, 3.8) is 0 Å². The minimum atomic E-state index is -0.164. The van der Waals surface area contributed by atoms with Crippen LogP contribution in [0.5, 0.6) is 0 Å². The molecule has 0 aliphatic heterocycles. The number of rotatable bonds is 3. The molecule has 2 rings (SSSR count). The molecular weight excluding hydrogens is 218 g/mol. The highest BCUT2D eigenvalue weighted by Crippen LogP contribution is 2.09. The van der Waals surface area contributed by atoms with Crippen molar-refractivity contribution < 1.29 is 9.32 Å². The molecule has 88 valence electrons. The Balaban J connectivity index is 2.01. The molecule has 5 heteroatoms. The van der Waals surface area contributed by atoms with E-state index in [0.29, 0.717) is 12.2 Å². The first-order valence-electron chi connectivity index (χ1n) is 5.30. The summed E-state index contributed by atoms with van der Waals surface area (Å²) in [5.41, 5.74) is 2.07. The lowest BCUT2D eigenvalue weighted by Gasteiger charge is -2.03. The summed E-state index contributed by atoms with van der Waals surface area (Å²) in [4.78, 5) is 15.6. The molecule has 0 saturated heterocycles. The van der Waals surface area contributed by atoms with E-state index < -0.39 is 0 Å². The van der Waals surface area contributed by atoms with E-state index in [9.17, 15) is 4.79 Å². The summed E-state index contributed by atoms with van der Waals surface area (Å²) in [7, 11) is 0. The molecule has 0 unspecified atom stereocenters. The van der Waals surface area contributed by atoms with Gasteiger partial charge in [-0.15, -0.1) is 0 Å². The number of aryl methyl sites for hydroxylation is 2. The van der Waals surface area contributed by atoms with Crippen LogP contribution < -0.4 is 5.32 Å². The Kier molecular flexibility index (Phi) is 3.18. The number of carbonyl (C=O) groups excluding carboxylic acids is 1. The zero-order valence-electron chi connectivity index (χ0n) is 9.73. The zero-order valence-corrected chi connectivity index (χ0v) is 9.73. The van der Waals surface area contributed by atoms with Gasteiger partial charge in [0.25, 0.3) is 0 Å². The first kappa shape index (κ1) is 11.3. The van der Waals surface area contributed by atoms with E-state index in [1.165, 1.54) is 0 Å². The topological polar surface area (TPSA) is 68.0 Å². The number of amides is 1. The van der Waals surface area contributed by atoms with E-state index in [1.807, 2.05) is 31.2 Å². The molecule has 1 heterocycles. The van der Waals surface area contributed by atoms with Gasteiger partial charge in [-0.05, 0) is 25.0 Å². The summed E-state index contributed by atoms with van der Waals surface area (Å²) in [5, 5.41) is 6.15. The van der Waals surface area contributed by atoms with Crippen LogP contribution in [0.4, 0.5) is 6.01 Å². The molecule has 0 spiro atoms. The van der Waals surface area contributed by atoms with Crippen molar-refractivity contribution in [2.24, 2.45) is 0 Å². The van der Waals surface area contributed by atoms with Crippen LogP contribution >= 0.6 is 0 Å². The molecule has 1 aromatic heterocycles. The molecule has 0 radical (unpaired) electrons. The van der Waals surface area contributed by atoms with Gasteiger partial charge in [-0.1, -0.05) is 29.4 Å². The zero-order chi connectivity index (χ0) is 12.3.